The summed E-state index contributed by atoms with van der Waals surface area (Å²) in [6, 6.07) is 0.499. The number of likely N-dealkylation sites (tertiary alicyclic amines) is 1. The van der Waals surface area contributed by atoms with Crippen LogP contribution in [-0.2, 0) is 4.79 Å². The Bertz CT molecular complexity index is 263. The number of carbonyl (C=O) groups is 1. The van der Waals surface area contributed by atoms with Gasteiger partial charge in [-0.25, -0.2) is 0 Å². The number of rotatable bonds is 4. The highest BCUT2D eigenvalue weighted by molar-refractivity contribution is 5.82. The van der Waals surface area contributed by atoms with Crippen LogP contribution < -0.4 is 10.6 Å². The van der Waals surface area contributed by atoms with E-state index in [4.69, 9.17) is 0 Å². The minimum absolute atomic E-state index is 0.0285. The number of hydrogen-bond donors (Lipinski definition) is 2. The zero-order valence-electron chi connectivity index (χ0n) is 11.0. The summed E-state index contributed by atoms with van der Waals surface area (Å²) in [4.78, 5) is 14.4. The predicted octanol–water partition coefficient (Wildman–Crippen LogP) is 0.585. The first kappa shape index (κ1) is 12.8. The zero-order valence-corrected chi connectivity index (χ0v) is 11.0. The van der Waals surface area contributed by atoms with Crippen molar-refractivity contribution in [1.29, 1.82) is 0 Å². The number of nitrogens with zero attached hydrogens (tertiary/aromatic N) is 1. The van der Waals surface area contributed by atoms with Gasteiger partial charge >= 0.3 is 0 Å². The van der Waals surface area contributed by atoms with Crippen LogP contribution in [0.4, 0.5) is 0 Å². The fraction of sp³-hybridized carbons (Fsp3) is 0.923. The lowest BCUT2D eigenvalue weighted by atomic mass is 10.0. The molecular weight excluding hydrogens is 214 g/mol. The van der Waals surface area contributed by atoms with Crippen molar-refractivity contribution in [1.82, 2.24) is 15.5 Å². The molecule has 0 bridgehead atoms. The van der Waals surface area contributed by atoms with E-state index in [1.807, 2.05) is 0 Å². The van der Waals surface area contributed by atoms with Gasteiger partial charge in [0.1, 0.15) is 0 Å². The molecule has 2 aliphatic rings. The SMILES string of the molecule is CC1CCNC1C(=O)NCC(C)N1CCCC1. The van der Waals surface area contributed by atoms with Crippen molar-refractivity contribution in [3.8, 4) is 0 Å². The highest BCUT2D eigenvalue weighted by Crippen LogP contribution is 2.14. The van der Waals surface area contributed by atoms with E-state index in [2.05, 4.69) is 29.4 Å². The van der Waals surface area contributed by atoms with Crippen molar-refractivity contribution in [2.45, 2.75) is 45.2 Å². The van der Waals surface area contributed by atoms with E-state index in [1.165, 1.54) is 25.9 Å². The van der Waals surface area contributed by atoms with Crippen LogP contribution in [0.15, 0.2) is 0 Å². The lowest BCUT2D eigenvalue weighted by Gasteiger charge is -2.25. The molecule has 2 saturated heterocycles. The van der Waals surface area contributed by atoms with Crippen molar-refractivity contribution in [2.24, 2.45) is 5.92 Å². The third-order valence-electron chi connectivity index (χ3n) is 4.15. The second-order valence-electron chi connectivity index (χ2n) is 5.54. The maximum absolute atomic E-state index is 12.0. The molecule has 98 valence electrons. The minimum atomic E-state index is 0.0285. The molecule has 0 aromatic rings. The van der Waals surface area contributed by atoms with Crippen LogP contribution in [0.1, 0.15) is 33.1 Å². The number of hydrogen-bond acceptors (Lipinski definition) is 3. The van der Waals surface area contributed by atoms with Crippen molar-refractivity contribution in [3.63, 3.8) is 0 Å². The summed E-state index contributed by atoms with van der Waals surface area (Å²) >= 11 is 0. The summed E-state index contributed by atoms with van der Waals surface area (Å²) in [6.45, 7) is 8.49. The Hall–Kier alpha value is -0.610. The predicted molar refractivity (Wildman–Crippen MR) is 68.9 cm³/mol. The van der Waals surface area contributed by atoms with Crippen LogP contribution in [0.25, 0.3) is 0 Å². The molecule has 2 aliphatic heterocycles. The van der Waals surface area contributed by atoms with E-state index in [0.717, 1.165) is 19.5 Å². The molecule has 0 radical (unpaired) electrons. The smallest absolute Gasteiger partial charge is 0.237 e. The Morgan fingerprint density at radius 1 is 1.47 bits per heavy atom. The molecule has 0 saturated carbocycles. The number of nitrogens with one attached hydrogen (secondary N) is 2. The van der Waals surface area contributed by atoms with Crippen LogP contribution in [-0.4, -0.2) is 49.1 Å². The molecule has 0 aromatic carbocycles. The normalized spacial score (nSPS) is 31.6. The molecule has 2 fully saturated rings. The van der Waals surface area contributed by atoms with Gasteiger partial charge < -0.3 is 10.6 Å². The molecule has 3 atom stereocenters. The number of amides is 1. The summed E-state index contributed by atoms with van der Waals surface area (Å²) in [5.74, 6) is 0.651. The summed E-state index contributed by atoms with van der Waals surface area (Å²) in [7, 11) is 0. The molecule has 4 heteroatoms. The average Bonchev–Trinajstić information content (AvgIpc) is 2.95. The largest absolute Gasteiger partial charge is 0.353 e. The third-order valence-corrected chi connectivity index (χ3v) is 4.15. The highest BCUT2D eigenvalue weighted by atomic mass is 16.2. The van der Waals surface area contributed by atoms with E-state index in [9.17, 15) is 4.79 Å². The molecule has 0 aliphatic carbocycles. The lowest BCUT2D eigenvalue weighted by molar-refractivity contribution is -0.123. The van der Waals surface area contributed by atoms with Crippen molar-refractivity contribution < 1.29 is 4.79 Å². The van der Waals surface area contributed by atoms with Gasteiger partial charge in [-0.05, 0) is 51.7 Å². The van der Waals surface area contributed by atoms with Gasteiger partial charge in [0.15, 0.2) is 0 Å². The summed E-state index contributed by atoms with van der Waals surface area (Å²) in [5.41, 5.74) is 0. The van der Waals surface area contributed by atoms with Crippen LogP contribution >= 0.6 is 0 Å². The maximum Gasteiger partial charge on any atom is 0.237 e. The first-order chi connectivity index (χ1) is 8.18. The molecule has 2 rings (SSSR count). The standard InChI is InChI=1S/C13H25N3O/c1-10-5-6-14-12(10)13(17)15-9-11(2)16-7-3-4-8-16/h10-12,14H,3-9H2,1-2H3,(H,15,17). The van der Waals surface area contributed by atoms with Gasteiger partial charge in [0.05, 0.1) is 6.04 Å². The van der Waals surface area contributed by atoms with Gasteiger partial charge in [-0.1, -0.05) is 6.92 Å². The fourth-order valence-electron chi connectivity index (χ4n) is 2.86. The van der Waals surface area contributed by atoms with E-state index in [0.29, 0.717) is 12.0 Å². The van der Waals surface area contributed by atoms with E-state index in [-0.39, 0.29) is 11.9 Å². The summed E-state index contributed by atoms with van der Waals surface area (Å²) < 4.78 is 0. The van der Waals surface area contributed by atoms with Crippen molar-refractivity contribution >= 4 is 5.91 Å². The van der Waals surface area contributed by atoms with E-state index >= 15 is 0 Å². The number of carbonyl (C=O) groups excluding carboxylic acids is 1. The minimum Gasteiger partial charge on any atom is -0.353 e. The zero-order chi connectivity index (χ0) is 12.3. The summed E-state index contributed by atoms with van der Waals surface area (Å²) in [5, 5.41) is 6.36. The third kappa shape index (κ3) is 3.19. The van der Waals surface area contributed by atoms with Crippen molar-refractivity contribution in [3.05, 3.63) is 0 Å². The molecule has 4 nitrogen and oxygen atoms in total. The van der Waals surface area contributed by atoms with E-state index < -0.39 is 0 Å². The van der Waals surface area contributed by atoms with Gasteiger partial charge in [-0.2, -0.15) is 0 Å². The van der Waals surface area contributed by atoms with Gasteiger partial charge in [0, 0.05) is 12.6 Å². The average molecular weight is 239 g/mol. The topological polar surface area (TPSA) is 44.4 Å². The Morgan fingerprint density at radius 2 is 2.18 bits per heavy atom. The molecule has 1 amide bonds. The van der Waals surface area contributed by atoms with Crippen LogP contribution in [0.3, 0.4) is 0 Å². The Morgan fingerprint density at radius 3 is 2.76 bits per heavy atom. The first-order valence-corrected chi connectivity index (χ1v) is 6.93. The highest BCUT2D eigenvalue weighted by Gasteiger charge is 2.29. The molecule has 17 heavy (non-hydrogen) atoms. The van der Waals surface area contributed by atoms with Crippen molar-refractivity contribution in [2.75, 3.05) is 26.2 Å². The molecule has 2 N–H and O–H groups in total. The lowest BCUT2D eigenvalue weighted by Crippen LogP contribution is -2.47. The molecular formula is C13H25N3O. The Kier molecular flexibility index (Phi) is 4.40. The quantitative estimate of drug-likeness (QED) is 0.754. The molecule has 3 unspecified atom stereocenters. The Labute approximate surface area is 104 Å². The second kappa shape index (κ2) is 5.83. The fourth-order valence-corrected chi connectivity index (χ4v) is 2.86. The van der Waals surface area contributed by atoms with Gasteiger partial charge in [0.25, 0.3) is 0 Å². The monoisotopic (exact) mass is 239 g/mol. The maximum atomic E-state index is 12.0. The van der Waals surface area contributed by atoms with Gasteiger partial charge in [-0.3, -0.25) is 9.69 Å². The molecule has 0 spiro atoms. The van der Waals surface area contributed by atoms with Crippen LogP contribution in [0.2, 0.25) is 0 Å². The van der Waals surface area contributed by atoms with Gasteiger partial charge in [-0.15, -0.1) is 0 Å². The first-order valence-electron chi connectivity index (χ1n) is 6.93. The summed E-state index contributed by atoms with van der Waals surface area (Å²) in [6.07, 6.45) is 3.72. The van der Waals surface area contributed by atoms with Crippen LogP contribution in [0, 0.1) is 5.92 Å². The van der Waals surface area contributed by atoms with Gasteiger partial charge in [0.2, 0.25) is 5.91 Å². The Balaban J connectivity index is 1.71. The molecule has 2 heterocycles. The second-order valence-corrected chi connectivity index (χ2v) is 5.54. The molecule has 0 aromatic heterocycles. The van der Waals surface area contributed by atoms with E-state index in [1.54, 1.807) is 0 Å². The van der Waals surface area contributed by atoms with Crippen LogP contribution in [0.5, 0.6) is 0 Å².